The molecule has 0 spiro atoms. The van der Waals surface area contributed by atoms with E-state index in [4.69, 9.17) is 9.73 Å². The van der Waals surface area contributed by atoms with E-state index in [0.717, 1.165) is 38.8 Å². The summed E-state index contributed by atoms with van der Waals surface area (Å²) in [6.07, 6.45) is 0. The third-order valence-electron chi connectivity index (χ3n) is 3.90. The summed E-state index contributed by atoms with van der Waals surface area (Å²) in [5.41, 5.74) is 1.23. The van der Waals surface area contributed by atoms with Crippen molar-refractivity contribution in [2.45, 2.75) is 19.5 Å². The van der Waals surface area contributed by atoms with E-state index in [-0.39, 0.29) is 24.0 Å². The molecule has 1 fully saturated rings. The van der Waals surface area contributed by atoms with Crippen LogP contribution < -0.4 is 5.32 Å². The molecule has 1 atom stereocenters. The van der Waals surface area contributed by atoms with E-state index in [0.29, 0.717) is 12.6 Å². The second kappa shape index (κ2) is 10.8. The molecule has 1 aliphatic heterocycles. The van der Waals surface area contributed by atoms with Crippen molar-refractivity contribution >= 4 is 29.9 Å². The first kappa shape index (κ1) is 20.2. The maximum atomic E-state index is 5.41. The Morgan fingerprint density at radius 2 is 1.91 bits per heavy atom. The minimum atomic E-state index is 0. The lowest BCUT2D eigenvalue weighted by Gasteiger charge is -2.33. The quantitative estimate of drug-likeness (QED) is 0.439. The van der Waals surface area contributed by atoms with Gasteiger partial charge in [0.25, 0.3) is 0 Å². The SMILES string of the molecule is CC(CNC(=NCc1ccccc1)N(C)C)N1CCOCC1.I. The van der Waals surface area contributed by atoms with Crippen molar-refractivity contribution < 1.29 is 4.74 Å². The molecule has 0 amide bonds. The fourth-order valence-electron chi connectivity index (χ4n) is 2.49. The van der Waals surface area contributed by atoms with Gasteiger partial charge in [-0.3, -0.25) is 4.90 Å². The third-order valence-corrected chi connectivity index (χ3v) is 3.90. The average Bonchev–Trinajstić information content (AvgIpc) is 2.56. The number of guanidine groups is 1. The van der Waals surface area contributed by atoms with Crippen LogP contribution in [0.4, 0.5) is 0 Å². The van der Waals surface area contributed by atoms with Crippen molar-refractivity contribution in [3.05, 3.63) is 35.9 Å². The Morgan fingerprint density at radius 1 is 1.26 bits per heavy atom. The van der Waals surface area contributed by atoms with Gasteiger partial charge in [-0.25, -0.2) is 4.99 Å². The second-order valence-electron chi connectivity index (χ2n) is 5.90. The molecule has 0 radical (unpaired) electrons. The monoisotopic (exact) mass is 432 g/mol. The van der Waals surface area contributed by atoms with E-state index >= 15 is 0 Å². The van der Waals surface area contributed by atoms with E-state index in [1.165, 1.54) is 5.56 Å². The number of hydrogen-bond donors (Lipinski definition) is 1. The Kier molecular flexibility index (Phi) is 9.50. The van der Waals surface area contributed by atoms with Gasteiger partial charge in [0, 0.05) is 39.8 Å². The lowest BCUT2D eigenvalue weighted by molar-refractivity contribution is 0.0211. The summed E-state index contributed by atoms with van der Waals surface area (Å²) in [5, 5.41) is 3.48. The van der Waals surface area contributed by atoms with Crippen LogP contribution in [0.5, 0.6) is 0 Å². The van der Waals surface area contributed by atoms with Crippen LogP contribution in [0.15, 0.2) is 35.3 Å². The average molecular weight is 432 g/mol. The van der Waals surface area contributed by atoms with Crippen LogP contribution in [0.2, 0.25) is 0 Å². The van der Waals surface area contributed by atoms with Crippen molar-refractivity contribution in [2.75, 3.05) is 46.9 Å². The molecule has 1 unspecified atom stereocenters. The molecule has 1 saturated heterocycles. The number of nitrogens with one attached hydrogen (secondary N) is 1. The number of nitrogens with zero attached hydrogens (tertiary/aromatic N) is 3. The Labute approximate surface area is 157 Å². The number of hydrogen-bond acceptors (Lipinski definition) is 3. The summed E-state index contributed by atoms with van der Waals surface area (Å²) in [6.45, 7) is 7.56. The largest absolute Gasteiger partial charge is 0.379 e. The van der Waals surface area contributed by atoms with Gasteiger partial charge in [-0.05, 0) is 12.5 Å². The predicted octanol–water partition coefficient (Wildman–Crippen LogP) is 2.03. The van der Waals surface area contributed by atoms with Gasteiger partial charge in [0.1, 0.15) is 0 Å². The molecule has 0 aliphatic carbocycles. The highest BCUT2D eigenvalue weighted by Gasteiger charge is 2.17. The Hall–Kier alpha value is -0.860. The van der Waals surface area contributed by atoms with Gasteiger partial charge in [0.2, 0.25) is 0 Å². The fourth-order valence-corrected chi connectivity index (χ4v) is 2.49. The summed E-state index contributed by atoms with van der Waals surface area (Å²) in [4.78, 5) is 9.19. The topological polar surface area (TPSA) is 40.1 Å². The minimum Gasteiger partial charge on any atom is -0.379 e. The van der Waals surface area contributed by atoms with E-state index in [2.05, 4.69) is 29.3 Å². The van der Waals surface area contributed by atoms with Crippen LogP contribution in [0.25, 0.3) is 0 Å². The van der Waals surface area contributed by atoms with Gasteiger partial charge >= 0.3 is 0 Å². The van der Waals surface area contributed by atoms with Gasteiger partial charge in [0.05, 0.1) is 19.8 Å². The minimum absolute atomic E-state index is 0. The summed E-state index contributed by atoms with van der Waals surface area (Å²) >= 11 is 0. The highest BCUT2D eigenvalue weighted by molar-refractivity contribution is 14.0. The number of ether oxygens (including phenoxy) is 1. The Balaban J connectivity index is 0.00000264. The molecule has 5 nitrogen and oxygen atoms in total. The zero-order chi connectivity index (χ0) is 15.8. The number of benzene rings is 1. The van der Waals surface area contributed by atoms with Gasteiger partial charge in [-0.15, -0.1) is 24.0 Å². The first-order chi connectivity index (χ1) is 10.7. The molecule has 0 bridgehead atoms. The highest BCUT2D eigenvalue weighted by Crippen LogP contribution is 2.03. The van der Waals surface area contributed by atoms with Gasteiger partial charge in [-0.1, -0.05) is 30.3 Å². The van der Waals surface area contributed by atoms with Crippen molar-refractivity contribution in [2.24, 2.45) is 4.99 Å². The molecule has 0 aromatic heterocycles. The second-order valence-corrected chi connectivity index (χ2v) is 5.90. The number of halogens is 1. The molecule has 1 N–H and O–H groups in total. The molecule has 23 heavy (non-hydrogen) atoms. The van der Waals surface area contributed by atoms with Crippen LogP contribution in [0.3, 0.4) is 0 Å². The van der Waals surface area contributed by atoms with E-state index in [9.17, 15) is 0 Å². The molecule has 1 aromatic rings. The van der Waals surface area contributed by atoms with Gasteiger partial charge < -0.3 is 15.0 Å². The van der Waals surface area contributed by atoms with E-state index < -0.39 is 0 Å². The number of morpholine rings is 1. The molecular formula is C17H29IN4O. The van der Waals surface area contributed by atoms with Gasteiger partial charge in [0.15, 0.2) is 5.96 Å². The molecule has 6 heteroatoms. The first-order valence-electron chi connectivity index (χ1n) is 7.98. The van der Waals surface area contributed by atoms with Crippen molar-refractivity contribution in [3.8, 4) is 0 Å². The van der Waals surface area contributed by atoms with E-state index in [1.807, 2.05) is 37.2 Å². The molecule has 1 aliphatic rings. The third kappa shape index (κ3) is 7.05. The summed E-state index contributed by atoms with van der Waals surface area (Å²) in [6, 6.07) is 10.8. The summed E-state index contributed by atoms with van der Waals surface area (Å²) in [7, 11) is 4.05. The molecule has 1 heterocycles. The lowest BCUT2D eigenvalue weighted by atomic mass is 10.2. The first-order valence-corrected chi connectivity index (χ1v) is 7.98. The zero-order valence-corrected chi connectivity index (χ0v) is 16.7. The van der Waals surface area contributed by atoms with Crippen molar-refractivity contribution in [1.82, 2.24) is 15.1 Å². The van der Waals surface area contributed by atoms with Gasteiger partial charge in [-0.2, -0.15) is 0 Å². The maximum absolute atomic E-state index is 5.41. The predicted molar refractivity (Wildman–Crippen MR) is 107 cm³/mol. The smallest absolute Gasteiger partial charge is 0.193 e. The normalized spacial score (nSPS) is 17.3. The van der Waals surface area contributed by atoms with E-state index in [1.54, 1.807) is 0 Å². The highest BCUT2D eigenvalue weighted by atomic mass is 127. The summed E-state index contributed by atoms with van der Waals surface area (Å²) < 4.78 is 5.41. The van der Waals surface area contributed by atoms with Crippen LogP contribution in [0.1, 0.15) is 12.5 Å². The van der Waals surface area contributed by atoms with Crippen LogP contribution in [0, 0.1) is 0 Å². The maximum Gasteiger partial charge on any atom is 0.193 e. The number of aliphatic imine (C=N–C) groups is 1. The lowest BCUT2D eigenvalue weighted by Crippen LogP contribution is -2.49. The fraction of sp³-hybridized carbons (Fsp3) is 0.588. The van der Waals surface area contributed by atoms with Crippen LogP contribution in [-0.4, -0.2) is 68.7 Å². The molecule has 0 saturated carbocycles. The zero-order valence-electron chi connectivity index (χ0n) is 14.4. The van der Waals surface area contributed by atoms with Crippen molar-refractivity contribution in [3.63, 3.8) is 0 Å². The molecule has 130 valence electrons. The number of rotatable bonds is 5. The van der Waals surface area contributed by atoms with Crippen LogP contribution in [-0.2, 0) is 11.3 Å². The molecular weight excluding hydrogens is 403 g/mol. The Morgan fingerprint density at radius 3 is 2.52 bits per heavy atom. The summed E-state index contributed by atoms with van der Waals surface area (Å²) in [5.74, 6) is 0.934. The standard InChI is InChI=1S/C17H28N4O.HI/c1-15(21-9-11-22-12-10-21)13-18-17(20(2)3)19-14-16-7-5-4-6-8-16;/h4-8,15H,9-14H2,1-3H3,(H,18,19);1H. The van der Waals surface area contributed by atoms with Crippen LogP contribution >= 0.6 is 24.0 Å². The molecule has 1 aromatic carbocycles. The Bertz CT molecular complexity index is 461. The van der Waals surface area contributed by atoms with Crippen molar-refractivity contribution in [1.29, 1.82) is 0 Å². The molecule has 2 rings (SSSR count).